The lowest BCUT2D eigenvalue weighted by Gasteiger charge is -2.17. The van der Waals surface area contributed by atoms with Crippen LogP contribution in [-0.4, -0.2) is 18.8 Å². The number of hydrogen-bond acceptors (Lipinski definition) is 3. The van der Waals surface area contributed by atoms with Gasteiger partial charge in [-0.2, -0.15) is 0 Å². The lowest BCUT2D eigenvalue weighted by molar-refractivity contribution is 0.364. The minimum absolute atomic E-state index is 0.0308. The quantitative estimate of drug-likeness (QED) is 0.897. The highest BCUT2D eigenvalue weighted by Gasteiger charge is 2.21. The van der Waals surface area contributed by atoms with Crippen molar-refractivity contribution in [3.8, 4) is 11.5 Å². The van der Waals surface area contributed by atoms with Gasteiger partial charge in [0.25, 0.3) is 0 Å². The predicted molar refractivity (Wildman–Crippen MR) is 64.4 cm³/mol. The Balaban J connectivity index is 3.29. The van der Waals surface area contributed by atoms with Gasteiger partial charge in [-0.15, -0.1) is 0 Å². The van der Waals surface area contributed by atoms with Crippen LogP contribution < -0.4 is 10.5 Å². The summed E-state index contributed by atoms with van der Waals surface area (Å²) in [5, 5.41) is 9.93. The Kier molecular flexibility index (Phi) is 4.56. The number of ether oxygens (including phenoxy) is 1. The van der Waals surface area contributed by atoms with Crippen LogP contribution in [0.25, 0.3) is 0 Å². The molecule has 3 N–H and O–H groups in total. The van der Waals surface area contributed by atoms with Gasteiger partial charge in [0, 0.05) is 11.6 Å². The lowest BCUT2D eigenvalue weighted by Crippen LogP contribution is -2.06. The first-order chi connectivity index (χ1) is 7.52. The van der Waals surface area contributed by atoms with Crippen LogP contribution in [0.4, 0.5) is 4.39 Å². The first-order valence-electron chi connectivity index (χ1n) is 4.97. The van der Waals surface area contributed by atoms with Gasteiger partial charge in [-0.1, -0.05) is 6.92 Å². The Bertz CT molecular complexity index is 385. The number of aromatic hydroxyl groups is 1. The largest absolute Gasteiger partial charge is 0.504 e. The van der Waals surface area contributed by atoms with E-state index in [1.807, 2.05) is 6.92 Å². The molecule has 0 saturated heterocycles. The standard InChI is InChI=1S/C11H15BrFNO2/c1-6(3-4-14)9-10(12)7(13)5-8(16-2)11(9)15/h5-6,15H,3-4,14H2,1-2H3. The molecule has 3 nitrogen and oxygen atoms in total. The van der Waals surface area contributed by atoms with Gasteiger partial charge in [0.15, 0.2) is 11.5 Å². The van der Waals surface area contributed by atoms with Crippen LogP contribution in [-0.2, 0) is 0 Å². The molecule has 5 heteroatoms. The van der Waals surface area contributed by atoms with Gasteiger partial charge in [-0.05, 0) is 34.8 Å². The van der Waals surface area contributed by atoms with Gasteiger partial charge in [0.1, 0.15) is 5.82 Å². The molecule has 1 rings (SSSR count). The molecule has 0 aliphatic rings. The smallest absolute Gasteiger partial charge is 0.163 e. The molecule has 1 atom stereocenters. The normalized spacial score (nSPS) is 12.6. The van der Waals surface area contributed by atoms with E-state index in [1.165, 1.54) is 7.11 Å². The van der Waals surface area contributed by atoms with E-state index in [2.05, 4.69) is 15.9 Å². The van der Waals surface area contributed by atoms with Crippen LogP contribution in [0.1, 0.15) is 24.8 Å². The van der Waals surface area contributed by atoms with Crippen LogP contribution in [0.5, 0.6) is 11.5 Å². The van der Waals surface area contributed by atoms with Crippen molar-refractivity contribution in [2.24, 2.45) is 5.73 Å². The first-order valence-corrected chi connectivity index (χ1v) is 5.77. The fourth-order valence-corrected chi connectivity index (χ4v) is 2.30. The van der Waals surface area contributed by atoms with E-state index in [9.17, 15) is 9.50 Å². The Morgan fingerprint density at radius 3 is 2.75 bits per heavy atom. The minimum Gasteiger partial charge on any atom is -0.504 e. The van der Waals surface area contributed by atoms with Crippen LogP contribution in [0.3, 0.4) is 0 Å². The maximum Gasteiger partial charge on any atom is 0.163 e. The molecule has 0 amide bonds. The van der Waals surface area contributed by atoms with E-state index in [1.54, 1.807) is 0 Å². The van der Waals surface area contributed by atoms with Crippen molar-refractivity contribution in [3.63, 3.8) is 0 Å². The minimum atomic E-state index is -0.450. The second-order valence-electron chi connectivity index (χ2n) is 3.62. The third kappa shape index (κ3) is 2.47. The van der Waals surface area contributed by atoms with Gasteiger partial charge >= 0.3 is 0 Å². The molecule has 1 aromatic carbocycles. The van der Waals surface area contributed by atoms with Gasteiger partial charge in [-0.25, -0.2) is 4.39 Å². The van der Waals surface area contributed by atoms with Crippen molar-refractivity contribution in [3.05, 3.63) is 21.9 Å². The maximum atomic E-state index is 13.5. The number of phenols is 1. The van der Waals surface area contributed by atoms with E-state index in [-0.39, 0.29) is 21.9 Å². The second kappa shape index (κ2) is 5.50. The summed E-state index contributed by atoms with van der Waals surface area (Å²) in [4.78, 5) is 0. The van der Waals surface area contributed by atoms with Crippen molar-refractivity contribution in [1.82, 2.24) is 0 Å². The molecule has 1 aromatic rings. The Morgan fingerprint density at radius 1 is 1.62 bits per heavy atom. The van der Waals surface area contributed by atoms with Crippen molar-refractivity contribution in [2.45, 2.75) is 19.3 Å². The zero-order valence-electron chi connectivity index (χ0n) is 9.26. The third-order valence-electron chi connectivity index (χ3n) is 2.50. The van der Waals surface area contributed by atoms with E-state index >= 15 is 0 Å². The molecule has 0 heterocycles. The summed E-state index contributed by atoms with van der Waals surface area (Å²) in [6.45, 7) is 2.36. The number of methoxy groups -OCH3 is 1. The predicted octanol–water partition coefficient (Wildman–Crippen LogP) is 2.75. The number of phenolic OH excluding ortho intramolecular Hbond substituents is 1. The molecule has 0 fully saturated rings. The summed E-state index contributed by atoms with van der Waals surface area (Å²) in [5.41, 5.74) is 5.96. The van der Waals surface area contributed by atoms with Crippen LogP contribution in [0.15, 0.2) is 10.5 Å². The first kappa shape index (κ1) is 13.3. The summed E-state index contributed by atoms with van der Waals surface area (Å²) >= 11 is 3.13. The molecule has 0 radical (unpaired) electrons. The number of rotatable bonds is 4. The van der Waals surface area contributed by atoms with Crippen LogP contribution in [0, 0.1) is 5.82 Å². The van der Waals surface area contributed by atoms with Crippen molar-refractivity contribution < 1.29 is 14.2 Å². The van der Waals surface area contributed by atoms with E-state index in [0.29, 0.717) is 18.5 Å². The molecule has 0 aliphatic heterocycles. The summed E-state index contributed by atoms with van der Waals surface area (Å²) in [6.07, 6.45) is 0.665. The highest BCUT2D eigenvalue weighted by molar-refractivity contribution is 9.10. The molecule has 90 valence electrons. The summed E-state index contributed by atoms with van der Waals surface area (Å²) in [5.74, 6) is -0.381. The van der Waals surface area contributed by atoms with Crippen molar-refractivity contribution in [1.29, 1.82) is 0 Å². The van der Waals surface area contributed by atoms with Crippen LogP contribution >= 0.6 is 15.9 Å². The summed E-state index contributed by atoms with van der Waals surface area (Å²) < 4.78 is 18.7. The average Bonchev–Trinajstić information content (AvgIpc) is 2.24. The molecular formula is C11H15BrFNO2. The SMILES string of the molecule is COc1cc(F)c(Br)c(C(C)CCN)c1O. The molecule has 0 aliphatic carbocycles. The van der Waals surface area contributed by atoms with Crippen LogP contribution in [0.2, 0.25) is 0 Å². The molecule has 0 bridgehead atoms. The highest BCUT2D eigenvalue weighted by Crippen LogP contribution is 2.42. The topological polar surface area (TPSA) is 55.5 Å². The molecule has 1 unspecified atom stereocenters. The Morgan fingerprint density at radius 2 is 2.25 bits per heavy atom. The molecule has 0 aromatic heterocycles. The van der Waals surface area contributed by atoms with Crippen molar-refractivity contribution >= 4 is 15.9 Å². The number of hydrogen-bond donors (Lipinski definition) is 2. The van der Waals surface area contributed by atoms with Gasteiger partial charge in [0.05, 0.1) is 11.6 Å². The zero-order valence-corrected chi connectivity index (χ0v) is 10.8. The van der Waals surface area contributed by atoms with Gasteiger partial charge in [0.2, 0.25) is 0 Å². The fourth-order valence-electron chi connectivity index (χ4n) is 1.61. The summed E-state index contributed by atoms with van der Waals surface area (Å²) in [7, 11) is 1.39. The zero-order chi connectivity index (χ0) is 12.3. The number of halogens is 2. The summed E-state index contributed by atoms with van der Waals surface area (Å²) in [6, 6.07) is 1.15. The molecule has 16 heavy (non-hydrogen) atoms. The molecule has 0 spiro atoms. The van der Waals surface area contributed by atoms with Gasteiger partial charge < -0.3 is 15.6 Å². The monoisotopic (exact) mass is 291 g/mol. The highest BCUT2D eigenvalue weighted by atomic mass is 79.9. The van der Waals surface area contributed by atoms with E-state index < -0.39 is 5.82 Å². The number of nitrogens with two attached hydrogens (primary N) is 1. The average molecular weight is 292 g/mol. The lowest BCUT2D eigenvalue weighted by atomic mass is 9.96. The van der Waals surface area contributed by atoms with Crippen molar-refractivity contribution in [2.75, 3.05) is 13.7 Å². The molecule has 0 saturated carbocycles. The molecular weight excluding hydrogens is 277 g/mol. The van der Waals surface area contributed by atoms with Gasteiger partial charge in [-0.3, -0.25) is 0 Å². The fraction of sp³-hybridized carbons (Fsp3) is 0.455. The van der Waals surface area contributed by atoms with E-state index in [0.717, 1.165) is 6.07 Å². The Hall–Kier alpha value is -0.810. The second-order valence-corrected chi connectivity index (χ2v) is 4.41. The van der Waals surface area contributed by atoms with E-state index in [4.69, 9.17) is 10.5 Å². The Labute approximate surface area is 103 Å². The number of benzene rings is 1. The third-order valence-corrected chi connectivity index (χ3v) is 3.31. The maximum absolute atomic E-state index is 13.5.